The molecule has 1 aromatic rings. The van der Waals surface area contributed by atoms with Gasteiger partial charge in [0.2, 0.25) is 0 Å². The Kier molecular flexibility index (Phi) is 2.71. The highest BCUT2D eigenvalue weighted by molar-refractivity contribution is 6.29. The van der Waals surface area contributed by atoms with Gasteiger partial charge in [0.25, 0.3) is 0 Å². The van der Waals surface area contributed by atoms with E-state index >= 15 is 0 Å². The van der Waals surface area contributed by atoms with Crippen molar-refractivity contribution in [3.05, 3.63) is 17.0 Å². The molecule has 0 N–H and O–H groups in total. The number of aryl methyl sites for hydroxylation is 1. The molecule has 2 bridgehead atoms. The Morgan fingerprint density at radius 2 is 2.06 bits per heavy atom. The molecule has 1 saturated carbocycles. The Bertz CT molecular complexity index is 408. The first-order valence-corrected chi connectivity index (χ1v) is 6.34. The molecular formula is C12H16ClN3O. The molecule has 92 valence electrons. The Morgan fingerprint density at radius 3 is 2.65 bits per heavy atom. The zero-order valence-corrected chi connectivity index (χ0v) is 10.8. The molecule has 0 spiro atoms. The Morgan fingerprint density at radius 1 is 1.35 bits per heavy atom. The third-order valence-electron chi connectivity index (χ3n) is 3.83. The average Bonchev–Trinajstić information content (AvgIpc) is 2.28. The second-order valence-electron chi connectivity index (χ2n) is 4.96. The monoisotopic (exact) mass is 253 g/mol. The van der Waals surface area contributed by atoms with Crippen LogP contribution in [0.4, 0.5) is 5.82 Å². The van der Waals surface area contributed by atoms with Crippen LogP contribution in [-0.4, -0.2) is 36.3 Å². The highest BCUT2D eigenvalue weighted by atomic mass is 35.5. The number of hydrogen-bond acceptors (Lipinski definition) is 4. The molecule has 0 radical (unpaired) electrons. The van der Waals surface area contributed by atoms with Gasteiger partial charge in [0.1, 0.15) is 16.8 Å². The van der Waals surface area contributed by atoms with Crippen molar-refractivity contribution >= 4 is 17.4 Å². The molecule has 2 aliphatic heterocycles. The van der Waals surface area contributed by atoms with E-state index in [-0.39, 0.29) is 0 Å². The van der Waals surface area contributed by atoms with Crippen LogP contribution in [0.5, 0.6) is 0 Å². The molecular weight excluding hydrogens is 238 g/mol. The number of nitrogens with zero attached hydrogens (tertiary/aromatic N) is 3. The largest absolute Gasteiger partial charge is 0.381 e. The summed E-state index contributed by atoms with van der Waals surface area (Å²) < 4.78 is 5.50. The van der Waals surface area contributed by atoms with Gasteiger partial charge >= 0.3 is 0 Å². The first-order valence-electron chi connectivity index (χ1n) is 5.96. The van der Waals surface area contributed by atoms with Crippen LogP contribution in [0, 0.1) is 18.8 Å². The third kappa shape index (κ3) is 1.89. The van der Waals surface area contributed by atoms with Crippen molar-refractivity contribution in [2.75, 3.05) is 25.1 Å². The first-order chi connectivity index (χ1) is 8.17. The van der Waals surface area contributed by atoms with Gasteiger partial charge in [-0.25, -0.2) is 9.97 Å². The van der Waals surface area contributed by atoms with Gasteiger partial charge in [0, 0.05) is 38.1 Å². The van der Waals surface area contributed by atoms with E-state index < -0.39 is 0 Å². The molecule has 3 aliphatic rings. The Labute approximate surface area is 106 Å². The van der Waals surface area contributed by atoms with Crippen LogP contribution in [0.25, 0.3) is 0 Å². The summed E-state index contributed by atoms with van der Waals surface area (Å²) in [5.41, 5.74) is 0. The minimum Gasteiger partial charge on any atom is -0.381 e. The highest BCUT2D eigenvalue weighted by Gasteiger charge is 2.47. The minimum absolute atomic E-state index is 0.449. The third-order valence-corrected chi connectivity index (χ3v) is 4.03. The Hall–Kier alpha value is -0.870. The van der Waals surface area contributed by atoms with Gasteiger partial charge in [-0.2, -0.15) is 0 Å². The van der Waals surface area contributed by atoms with Gasteiger partial charge in [0.15, 0.2) is 0 Å². The molecule has 4 nitrogen and oxygen atoms in total. The minimum atomic E-state index is 0.449. The molecule has 3 heterocycles. The molecule has 2 atom stereocenters. The number of aromatic nitrogens is 2. The van der Waals surface area contributed by atoms with Gasteiger partial charge in [-0.15, -0.1) is 0 Å². The number of ether oxygens (including phenoxy) is 1. The Balaban J connectivity index is 1.79. The summed E-state index contributed by atoms with van der Waals surface area (Å²) in [6.07, 6.45) is 1.73. The maximum Gasteiger partial charge on any atom is 0.134 e. The first kappa shape index (κ1) is 11.2. The number of hydrogen-bond donors (Lipinski definition) is 0. The summed E-state index contributed by atoms with van der Waals surface area (Å²) in [6, 6.07) is 1.85. The fourth-order valence-corrected chi connectivity index (χ4v) is 3.31. The van der Waals surface area contributed by atoms with Crippen molar-refractivity contribution in [3.8, 4) is 0 Å². The highest BCUT2D eigenvalue weighted by Crippen LogP contribution is 2.42. The molecule has 0 aromatic carbocycles. The van der Waals surface area contributed by atoms with Gasteiger partial charge < -0.3 is 9.64 Å². The van der Waals surface area contributed by atoms with Crippen molar-refractivity contribution in [2.45, 2.75) is 19.4 Å². The van der Waals surface area contributed by atoms with Crippen LogP contribution in [0.1, 0.15) is 12.2 Å². The zero-order valence-electron chi connectivity index (χ0n) is 10.1. The van der Waals surface area contributed by atoms with Crippen molar-refractivity contribution in [2.24, 2.45) is 11.8 Å². The number of anilines is 1. The average molecular weight is 254 g/mol. The van der Waals surface area contributed by atoms with E-state index in [0.29, 0.717) is 23.1 Å². The van der Waals surface area contributed by atoms with Crippen LogP contribution in [0.15, 0.2) is 6.07 Å². The van der Waals surface area contributed by atoms with Crippen LogP contribution in [0.3, 0.4) is 0 Å². The van der Waals surface area contributed by atoms with Crippen LogP contribution >= 0.6 is 11.6 Å². The van der Waals surface area contributed by atoms with Crippen LogP contribution in [-0.2, 0) is 4.74 Å². The van der Waals surface area contributed by atoms with Gasteiger partial charge in [-0.3, -0.25) is 0 Å². The summed E-state index contributed by atoms with van der Waals surface area (Å²) in [5.74, 6) is 2.97. The van der Waals surface area contributed by atoms with Crippen molar-refractivity contribution in [3.63, 3.8) is 0 Å². The summed E-state index contributed by atoms with van der Waals surface area (Å²) in [4.78, 5) is 10.8. The zero-order chi connectivity index (χ0) is 12.0. The lowest BCUT2D eigenvalue weighted by atomic mass is 9.68. The van der Waals surface area contributed by atoms with Gasteiger partial charge in [-0.1, -0.05) is 11.6 Å². The van der Waals surface area contributed by atoms with E-state index in [9.17, 15) is 0 Å². The number of rotatable bonds is 2. The maximum absolute atomic E-state index is 5.97. The smallest absolute Gasteiger partial charge is 0.134 e. The second-order valence-corrected chi connectivity index (χ2v) is 5.34. The molecule has 0 amide bonds. The van der Waals surface area contributed by atoms with Crippen molar-refractivity contribution in [1.82, 2.24) is 9.97 Å². The van der Waals surface area contributed by atoms with E-state index in [4.69, 9.17) is 16.3 Å². The molecule has 3 fully saturated rings. The lowest BCUT2D eigenvalue weighted by Crippen LogP contribution is -2.59. The van der Waals surface area contributed by atoms with E-state index in [0.717, 1.165) is 24.7 Å². The van der Waals surface area contributed by atoms with E-state index in [1.807, 2.05) is 20.1 Å². The fourth-order valence-electron chi connectivity index (χ4n) is 3.09. The summed E-state index contributed by atoms with van der Waals surface area (Å²) in [6.45, 7) is 3.90. The van der Waals surface area contributed by atoms with E-state index in [2.05, 4.69) is 14.9 Å². The molecule has 2 saturated heterocycles. The number of fused-ring (bicyclic) bond motifs is 2. The molecule has 4 rings (SSSR count). The number of methoxy groups -OCH3 is 1. The molecule has 1 aliphatic carbocycles. The standard InChI is InChI=1S/C12H16ClN3O/c1-7-14-10(13)4-11(15-7)16-5-8-3-9(6-16)12(8)17-2/h4,8-9,12H,3,5-6H2,1-2H3/t8-,9-/m0/s1. The predicted octanol–water partition coefficient (Wildman–Crippen LogP) is 1.91. The second kappa shape index (κ2) is 4.10. The summed E-state index contributed by atoms with van der Waals surface area (Å²) in [5, 5.41) is 0.523. The predicted molar refractivity (Wildman–Crippen MR) is 66.4 cm³/mol. The lowest BCUT2D eigenvalue weighted by molar-refractivity contribution is -0.0816. The molecule has 17 heavy (non-hydrogen) atoms. The lowest BCUT2D eigenvalue weighted by Gasteiger charge is -2.53. The molecule has 5 heteroatoms. The number of halogens is 1. The fraction of sp³-hybridized carbons (Fsp3) is 0.667. The van der Waals surface area contributed by atoms with Gasteiger partial charge in [0.05, 0.1) is 6.10 Å². The number of piperidine rings is 2. The van der Waals surface area contributed by atoms with Crippen molar-refractivity contribution < 1.29 is 4.74 Å². The van der Waals surface area contributed by atoms with Crippen LogP contribution < -0.4 is 4.90 Å². The summed E-state index contributed by atoms with van der Waals surface area (Å²) >= 11 is 5.97. The van der Waals surface area contributed by atoms with E-state index in [1.54, 1.807) is 0 Å². The van der Waals surface area contributed by atoms with Crippen LogP contribution in [0.2, 0.25) is 5.15 Å². The summed E-state index contributed by atoms with van der Waals surface area (Å²) in [7, 11) is 1.81. The van der Waals surface area contributed by atoms with Crippen molar-refractivity contribution in [1.29, 1.82) is 0 Å². The SMILES string of the molecule is COC1[C@H]2C[C@H]1CN(c1cc(Cl)nc(C)n1)C2. The maximum atomic E-state index is 5.97. The van der Waals surface area contributed by atoms with Gasteiger partial charge in [-0.05, 0) is 13.3 Å². The molecule has 0 unspecified atom stereocenters. The topological polar surface area (TPSA) is 38.2 Å². The normalized spacial score (nSPS) is 31.2. The molecule has 1 aromatic heterocycles. The quantitative estimate of drug-likeness (QED) is 0.755. The van der Waals surface area contributed by atoms with E-state index in [1.165, 1.54) is 6.42 Å².